The summed E-state index contributed by atoms with van der Waals surface area (Å²) in [5.41, 5.74) is -0.135. The van der Waals surface area contributed by atoms with E-state index in [1.165, 1.54) is 0 Å². The molecule has 0 atom stereocenters. The van der Waals surface area contributed by atoms with Crippen molar-refractivity contribution in [2.75, 3.05) is 7.05 Å². The van der Waals surface area contributed by atoms with Crippen LogP contribution in [-0.2, 0) is 4.79 Å². The van der Waals surface area contributed by atoms with Gasteiger partial charge in [0.1, 0.15) is 0 Å². The number of carbonyl (C=O) groups is 1. The molecular weight excluding hydrogens is 138 g/mol. The zero-order chi connectivity index (χ0) is 9.07. The number of terminal acetylenes is 1. The lowest BCUT2D eigenvalue weighted by Gasteiger charge is -2.33. The highest BCUT2D eigenvalue weighted by Crippen LogP contribution is 2.15. The first-order chi connectivity index (χ1) is 4.95. The van der Waals surface area contributed by atoms with Crippen LogP contribution in [0.4, 0.5) is 0 Å². The zero-order valence-electron chi connectivity index (χ0n) is 7.64. The summed E-state index contributed by atoms with van der Waals surface area (Å²) in [4.78, 5) is 12.6. The molecule has 0 radical (unpaired) electrons. The van der Waals surface area contributed by atoms with E-state index in [1.54, 1.807) is 11.9 Å². The third-order valence-electron chi connectivity index (χ3n) is 2.20. The fourth-order valence-corrected chi connectivity index (χ4v) is 0.609. The molecule has 0 N–H and O–H groups in total. The van der Waals surface area contributed by atoms with Gasteiger partial charge in [-0.3, -0.25) is 4.79 Å². The molecule has 11 heavy (non-hydrogen) atoms. The average molecular weight is 153 g/mol. The van der Waals surface area contributed by atoms with Crippen molar-refractivity contribution in [1.29, 1.82) is 0 Å². The molecule has 0 aromatic carbocycles. The van der Waals surface area contributed by atoms with Gasteiger partial charge in [-0.15, -0.1) is 6.42 Å². The van der Waals surface area contributed by atoms with Crippen LogP contribution in [-0.4, -0.2) is 23.4 Å². The van der Waals surface area contributed by atoms with Crippen molar-refractivity contribution in [3.8, 4) is 12.3 Å². The van der Waals surface area contributed by atoms with Gasteiger partial charge in [-0.1, -0.05) is 6.92 Å². The molecule has 0 bridgehead atoms. The molecule has 0 fully saturated rings. The van der Waals surface area contributed by atoms with Gasteiger partial charge >= 0.3 is 0 Å². The Morgan fingerprint density at radius 3 is 2.36 bits per heavy atom. The third kappa shape index (κ3) is 2.27. The highest BCUT2D eigenvalue weighted by molar-refractivity contribution is 5.93. The summed E-state index contributed by atoms with van der Waals surface area (Å²) in [7, 11) is 1.73. The molecule has 0 aliphatic rings. The second-order valence-corrected chi connectivity index (χ2v) is 3.17. The molecule has 0 aromatic heterocycles. The zero-order valence-corrected chi connectivity index (χ0v) is 7.64. The lowest BCUT2D eigenvalue weighted by molar-refractivity contribution is -0.128. The van der Waals surface area contributed by atoms with E-state index in [4.69, 9.17) is 6.42 Å². The topological polar surface area (TPSA) is 20.3 Å². The van der Waals surface area contributed by atoms with Crippen molar-refractivity contribution in [2.24, 2.45) is 0 Å². The Balaban J connectivity index is 4.37. The molecule has 62 valence electrons. The Kier molecular flexibility index (Phi) is 3.13. The largest absolute Gasteiger partial charge is 0.330 e. The highest BCUT2D eigenvalue weighted by Gasteiger charge is 2.23. The van der Waals surface area contributed by atoms with E-state index in [-0.39, 0.29) is 11.4 Å². The van der Waals surface area contributed by atoms with Crippen molar-refractivity contribution in [3.05, 3.63) is 0 Å². The van der Waals surface area contributed by atoms with E-state index in [1.807, 2.05) is 20.8 Å². The first-order valence-electron chi connectivity index (χ1n) is 3.70. The predicted molar refractivity (Wildman–Crippen MR) is 46.0 cm³/mol. The molecule has 0 aliphatic carbocycles. The standard InChI is InChI=1S/C9H15NO/c1-6-8(11)10(5)9(3,4)7-2/h1H,7H2,2-5H3. The van der Waals surface area contributed by atoms with Crippen LogP contribution in [0, 0.1) is 12.3 Å². The van der Waals surface area contributed by atoms with Crippen LogP contribution in [0.25, 0.3) is 0 Å². The SMILES string of the molecule is C#CC(=O)N(C)C(C)(C)CC. The maximum absolute atomic E-state index is 11.0. The molecule has 0 heterocycles. The fourth-order valence-electron chi connectivity index (χ4n) is 0.609. The Morgan fingerprint density at radius 1 is 1.64 bits per heavy atom. The smallest absolute Gasteiger partial charge is 0.298 e. The van der Waals surface area contributed by atoms with Gasteiger partial charge in [0.15, 0.2) is 0 Å². The van der Waals surface area contributed by atoms with Crippen molar-refractivity contribution in [2.45, 2.75) is 32.7 Å². The number of hydrogen-bond acceptors (Lipinski definition) is 1. The number of hydrogen-bond donors (Lipinski definition) is 0. The van der Waals surface area contributed by atoms with Crippen molar-refractivity contribution in [3.63, 3.8) is 0 Å². The van der Waals surface area contributed by atoms with E-state index in [0.717, 1.165) is 6.42 Å². The molecule has 0 saturated heterocycles. The number of amides is 1. The van der Waals surface area contributed by atoms with Crippen molar-refractivity contribution in [1.82, 2.24) is 4.90 Å². The maximum atomic E-state index is 11.0. The molecule has 0 saturated carbocycles. The summed E-state index contributed by atoms with van der Waals surface area (Å²) in [5.74, 6) is 1.84. The van der Waals surface area contributed by atoms with Gasteiger partial charge in [0, 0.05) is 12.6 Å². The van der Waals surface area contributed by atoms with E-state index in [2.05, 4.69) is 5.92 Å². The van der Waals surface area contributed by atoms with E-state index < -0.39 is 0 Å². The van der Waals surface area contributed by atoms with Crippen LogP contribution in [0.2, 0.25) is 0 Å². The molecule has 0 spiro atoms. The number of carbonyl (C=O) groups excluding carboxylic acids is 1. The molecule has 0 aromatic rings. The molecule has 0 rings (SSSR count). The lowest BCUT2D eigenvalue weighted by atomic mass is 10.00. The van der Waals surface area contributed by atoms with Gasteiger partial charge in [0.05, 0.1) is 0 Å². The molecule has 1 amide bonds. The monoisotopic (exact) mass is 153 g/mol. The maximum Gasteiger partial charge on any atom is 0.298 e. The van der Waals surface area contributed by atoms with Crippen LogP contribution in [0.1, 0.15) is 27.2 Å². The van der Waals surface area contributed by atoms with Crippen LogP contribution < -0.4 is 0 Å². The van der Waals surface area contributed by atoms with E-state index in [0.29, 0.717) is 0 Å². The Bertz CT molecular complexity index is 188. The Labute approximate surface area is 68.6 Å². The number of rotatable bonds is 2. The average Bonchev–Trinajstić information content (AvgIpc) is 2.01. The normalized spacial score (nSPS) is 10.5. The van der Waals surface area contributed by atoms with Crippen LogP contribution >= 0.6 is 0 Å². The number of nitrogens with zero attached hydrogens (tertiary/aromatic N) is 1. The van der Waals surface area contributed by atoms with Crippen molar-refractivity contribution < 1.29 is 4.79 Å². The van der Waals surface area contributed by atoms with Crippen molar-refractivity contribution >= 4 is 5.91 Å². The molecule has 0 unspecified atom stereocenters. The Morgan fingerprint density at radius 2 is 2.09 bits per heavy atom. The van der Waals surface area contributed by atoms with Gasteiger partial charge in [0.25, 0.3) is 5.91 Å². The third-order valence-corrected chi connectivity index (χ3v) is 2.20. The molecule has 2 nitrogen and oxygen atoms in total. The summed E-state index contributed by atoms with van der Waals surface area (Å²) >= 11 is 0. The predicted octanol–water partition coefficient (Wildman–Crippen LogP) is 1.27. The summed E-state index contributed by atoms with van der Waals surface area (Å²) in [6.45, 7) is 6.00. The van der Waals surface area contributed by atoms with Crippen LogP contribution in [0.3, 0.4) is 0 Å². The lowest BCUT2D eigenvalue weighted by Crippen LogP contribution is -2.43. The minimum absolute atomic E-state index is 0.135. The second kappa shape index (κ2) is 3.43. The van der Waals surface area contributed by atoms with Gasteiger partial charge in [-0.05, 0) is 26.2 Å². The van der Waals surface area contributed by atoms with Gasteiger partial charge in [0.2, 0.25) is 0 Å². The summed E-state index contributed by atoms with van der Waals surface area (Å²) in [6, 6.07) is 0. The van der Waals surface area contributed by atoms with Gasteiger partial charge in [-0.2, -0.15) is 0 Å². The van der Waals surface area contributed by atoms with Gasteiger partial charge in [-0.25, -0.2) is 0 Å². The fraction of sp³-hybridized carbons (Fsp3) is 0.667. The van der Waals surface area contributed by atoms with E-state index >= 15 is 0 Å². The molecule has 0 aliphatic heterocycles. The van der Waals surface area contributed by atoms with Gasteiger partial charge < -0.3 is 4.90 Å². The summed E-state index contributed by atoms with van der Waals surface area (Å²) in [6.07, 6.45) is 5.88. The quantitative estimate of drug-likeness (QED) is 0.547. The van der Waals surface area contributed by atoms with Crippen LogP contribution in [0.5, 0.6) is 0 Å². The second-order valence-electron chi connectivity index (χ2n) is 3.17. The summed E-state index contributed by atoms with van der Waals surface area (Å²) in [5, 5.41) is 0. The molecule has 2 heteroatoms. The first kappa shape index (κ1) is 10.0. The minimum atomic E-state index is -0.253. The van der Waals surface area contributed by atoms with Crippen LogP contribution in [0.15, 0.2) is 0 Å². The first-order valence-corrected chi connectivity index (χ1v) is 3.70. The highest BCUT2D eigenvalue weighted by atomic mass is 16.2. The summed E-state index contributed by atoms with van der Waals surface area (Å²) < 4.78 is 0. The van der Waals surface area contributed by atoms with E-state index in [9.17, 15) is 4.79 Å². The molecular formula is C9H15NO. The Hall–Kier alpha value is -0.970. The minimum Gasteiger partial charge on any atom is -0.330 e.